The standard InChI is InChI=1S/C26H33N5O/c1-18(2)30-20(4)31(19(3)21-11-8-12-21)25-15-23(13-14-24(25)30)32-17-29-26(16-27-28-29)22-9-6-5-7-10-22/h5-7,9-10,13-16,18-21H,8,11-12,17H2,1-4H3. The van der Waals surface area contributed by atoms with Crippen molar-refractivity contribution >= 4 is 11.4 Å². The normalized spacial score (nSPS) is 19.2. The van der Waals surface area contributed by atoms with Gasteiger partial charge in [0.2, 0.25) is 0 Å². The molecule has 3 aromatic rings. The summed E-state index contributed by atoms with van der Waals surface area (Å²) in [6.45, 7) is 9.60. The fourth-order valence-electron chi connectivity index (χ4n) is 5.29. The molecule has 0 radical (unpaired) electrons. The van der Waals surface area contributed by atoms with Crippen molar-refractivity contribution in [3.63, 3.8) is 0 Å². The van der Waals surface area contributed by atoms with Crippen molar-refractivity contribution in [3.05, 3.63) is 54.7 Å². The van der Waals surface area contributed by atoms with Gasteiger partial charge in [-0.25, -0.2) is 4.68 Å². The van der Waals surface area contributed by atoms with Crippen LogP contribution in [0.4, 0.5) is 11.4 Å². The van der Waals surface area contributed by atoms with E-state index in [4.69, 9.17) is 4.74 Å². The number of ether oxygens (including phenoxy) is 1. The highest BCUT2D eigenvalue weighted by atomic mass is 16.5. The van der Waals surface area contributed by atoms with Crippen LogP contribution in [-0.4, -0.2) is 33.2 Å². The average molecular weight is 432 g/mol. The molecule has 1 aliphatic carbocycles. The highest BCUT2D eigenvalue weighted by Crippen LogP contribution is 2.46. The monoisotopic (exact) mass is 431 g/mol. The van der Waals surface area contributed by atoms with Gasteiger partial charge in [-0.2, -0.15) is 0 Å². The number of rotatable bonds is 7. The summed E-state index contributed by atoms with van der Waals surface area (Å²) < 4.78 is 8.02. The van der Waals surface area contributed by atoms with E-state index in [-0.39, 0.29) is 0 Å². The average Bonchev–Trinajstić information content (AvgIpc) is 3.32. The van der Waals surface area contributed by atoms with Crippen LogP contribution in [0.5, 0.6) is 5.75 Å². The number of benzene rings is 2. The van der Waals surface area contributed by atoms with Gasteiger partial charge >= 0.3 is 0 Å². The van der Waals surface area contributed by atoms with Gasteiger partial charge in [-0.1, -0.05) is 42.0 Å². The maximum absolute atomic E-state index is 6.21. The number of anilines is 2. The van der Waals surface area contributed by atoms with Gasteiger partial charge in [-0.3, -0.25) is 0 Å². The molecule has 1 aromatic heterocycles. The van der Waals surface area contributed by atoms with E-state index in [1.165, 1.54) is 30.6 Å². The minimum Gasteiger partial charge on any atom is -0.471 e. The predicted octanol–water partition coefficient (Wildman–Crippen LogP) is 5.55. The van der Waals surface area contributed by atoms with Crippen molar-refractivity contribution < 1.29 is 4.74 Å². The second-order valence-corrected chi connectivity index (χ2v) is 9.38. The third-order valence-corrected chi connectivity index (χ3v) is 7.18. The van der Waals surface area contributed by atoms with Crippen LogP contribution in [-0.2, 0) is 6.73 Å². The van der Waals surface area contributed by atoms with Crippen molar-refractivity contribution in [2.24, 2.45) is 5.92 Å². The molecule has 1 fully saturated rings. The lowest BCUT2D eigenvalue weighted by Gasteiger charge is -2.42. The zero-order valence-corrected chi connectivity index (χ0v) is 19.5. The Hall–Kier alpha value is -3.02. The van der Waals surface area contributed by atoms with Gasteiger partial charge < -0.3 is 14.5 Å². The quantitative estimate of drug-likeness (QED) is 0.491. The van der Waals surface area contributed by atoms with Crippen LogP contribution in [0, 0.1) is 5.92 Å². The molecule has 0 N–H and O–H groups in total. The summed E-state index contributed by atoms with van der Waals surface area (Å²) in [6, 6.07) is 17.7. The lowest BCUT2D eigenvalue weighted by atomic mass is 9.79. The molecule has 1 saturated carbocycles. The first-order chi connectivity index (χ1) is 15.5. The second-order valence-electron chi connectivity index (χ2n) is 9.38. The van der Waals surface area contributed by atoms with Gasteiger partial charge in [-0.05, 0) is 58.6 Å². The van der Waals surface area contributed by atoms with Crippen LogP contribution in [0.1, 0.15) is 47.0 Å². The molecular formula is C26H33N5O. The molecule has 2 aliphatic rings. The zero-order chi connectivity index (χ0) is 22.2. The van der Waals surface area contributed by atoms with Crippen molar-refractivity contribution in [2.75, 3.05) is 9.80 Å². The second kappa shape index (κ2) is 8.49. The number of hydrogen-bond donors (Lipinski definition) is 0. The molecule has 0 spiro atoms. The molecule has 5 rings (SSSR count). The SMILES string of the molecule is CC(C)N1c2ccc(OCn3nncc3-c3ccccc3)cc2N(C(C)C2CCC2)C1C. The lowest BCUT2D eigenvalue weighted by molar-refractivity contribution is 0.220. The van der Waals surface area contributed by atoms with E-state index in [1.807, 2.05) is 18.2 Å². The number of fused-ring (bicyclic) bond motifs is 1. The zero-order valence-electron chi connectivity index (χ0n) is 19.5. The first-order valence-electron chi connectivity index (χ1n) is 11.8. The van der Waals surface area contributed by atoms with Crippen molar-refractivity contribution in [3.8, 4) is 17.0 Å². The maximum Gasteiger partial charge on any atom is 0.183 e. The van der Waals surface area contributed by atoms with Crippen LogP contribution in [0.2, 0.25) is 0 Å². The van der Waals surface area contributed by atoms with E-state index in [9.17, 15) is 0 Å². The molecule has 6 heteroatoms. The van der Waals surface area contributed by atoms with Gasteiger partial charge in [-0.15, -0.1) is 5.10 Å². The summed E-state index contributed by atoms with van der Waals surface area (Å²) in [4.78, 5) is 5.14. The third-order valence-electron chi connectivity index (χ3n) is 7.18. The minimum atomic E-state index is 0.324. The molecular weight excluding hydrogens is 398 g/mol. The van der Waals surface area contributed by atoms with Gasteiger partial charge in [0, 0.05) is 23.7 Å². The number of nitrogens with zero attached hydrogens (tertiary/aromatic N) is 5. The Bertz CT molecular complexity index is 1060. The lowest BCUT2D eigenvalue weighted by Crippen LogP contribution is -2.51. The summed E-state index contributed by atoms with van der Waals surface area (Å²) in [5.74, 6) is 1.65. The van der Waals surface area contributed by atoms with Crippen LogP contribution in [0.25, 0.3) is 11.3 Å². The maximum atomic E-state index is 6.21. The summed E-state index contributed by atoms with van der Waals surface area (Å²) in [5, 5.41) is 8.33. The minimum absolute atomic E-state index is 0.324. The molecule has 2 atom stereocenters. The largest absolute Gasteiger partial charge is 0.471 e. The first kappa shape index (κ1) is 20.9. The van der Waals surface area contributed by atoms with Crippen molar-refractivity contribution in [1.29, 1.82) is 0 Å². The summed E-state index contributed by atoms with van der Waals surface area (Å²) in [7, 11) is 0. The van der Waals surface area contributed by atoms with Crippen molar-refractivity contribution in [1.82, 2.24) is 15.0 Å². The van der Waals surface area contributed by atoms with Crippen LogP contribution >= 0.6 is 0 Å². The van der Waals surface area contributed by atoms with Gasteiger partial charge in [0.25, 0.3) is 0 Å². The summed E-state index contributed by atoms with van der Waals surface area (Å²) >= 11 is 0. The predicted molar refractivity (Wildman–Crippen MR) is 129 cm³/mol. The Morgan fingerprint density at radius 2 is 1.78 bits per heavy atom. The highest BCUT2D eigenvalue weighted by molar-refractivity contribution is 5.79. The summed E-state index contributed by atoms with van der Waals surface area (Å²) in [5.41, 5.74) is 4.62. The Morgan fingerprint density at radius 1 is 1.00 bits per heavy atom. The molecule has 2 heterocycles. The first-order valence-corrected chi connectivity index (χ1v) is 11.8. The molecule has 32 heavy (non-hydrogen) atoms. The Labute approximate surface area is 190 Å². The molecule has 0 amide bonds. The highest BCUT2D eigenvalue weighted by Gasteiger charge is 2.40. The van der Waals surface area contributed by atoms with E-state index in [0.29, 0.717) is 25.0 Å². The molecule has 2 unspecified atom stereocenters. The molecule has 0 bridgehead atoms. The van der Waals surface area contributed by atoms with E-state index in [1.54, 1.807) is 10.9 Å². The topological polar surface area (TPSA) is 46.4 Å². The van der Waals surface area contributed by atoms with Gasteiger partial charge in [0.05, 0.1) is 29.4 Å². The Morgan fingerprint density at radius 3 is 2.47 bits per heavy atom. The van der Waals surface area contributed by atoms with Crippen LogP contribution in [0.3, 0.4) is 0 Å². The molecule has 6 nitrogen and oxygen atoms in total. The molecule has 168 valence electrons. The Balaban J connectivity index is 1.40. The number of aromatic nitrogens is 3. The molecule has 1 aliphatic heterocycles. The van der Waals surface area contributed by atoms with Crippen LogP contribution < -0.4 is 14.5 Å². The Kier molecular flexibility index (Phi) is 5.53. The van der Waals surface area contributed by atoms with Gasteiger partial charge in [0.1, 0.15) is 5.75 Å². The summed E-state index contributed by atoms with van der Waals surface area (Å²) in [6.07, 6.45) is 6.17. The van der Waals surface area contributed by atoms with Crippen molar-refractivity contribution in [2.45, 2.75) is 71.9 Å². The molecule has 0 saturated heterocycles. The van der Waals surface area contributed by atoms with Gasteiger partial charge in [0.15, 0.2) is 6.73 Å². The fourth-order valence-corrected chi connectivity index (χ4v) is 5.29. The van der Waals surface area contributed by atoms with E-state index in [2.05, 4.69) is 78.1 Å². The van der Waals surface area contributed by atoms with E-state index < -0.39 is 0 Å². The number of hydrogen-bond acceptors (Lipinski definition) is 5. The molecule has 2 aromatic carbocycles. The van der Waals surface area contributed by atoms with E-state index >= 15 is 0 Å². The third kappa shape index (κ3) is 3.61. The van der Waals surface area contributed by atoms with E-state index in [0.717, 1.165) is 22.9 Å². The fraction of sp³-hybridized carbons (Fsp3) is 0.462. The van der Waals surface area contributed by atoms with Crippen LogP contribution in [0.15, 0.2) is 54.7 Å². The smallest absolute Gasteiger partial charge is 0.183 e.